The van der Waals surface area contributed by atoms with Crippen LogP contribution in [0.2, 0.25) is 0 Å². The van der Waals surface area contributed by atoms with Gasteiger partial charge in [0, 0.05) is 17.8 Å². The van der Waals surface area contributed by atoms with Crippen LogP contribution in [0.15, 0.2) is 24.4 Å². The summed E-state index contributed by atoms with van der Waals surface area (Å²) in [5, 5.41) is 6.44. The van der Waals surface area contributed by atoms with Crippen molar-refractivity contribution in [2.24, 2.45) is 5.73 Å². The molecule has 1 aromatic carbocycles. The third-order valence-corrected chi connectivity index (χ3v) is 3.09. The normalized spacial score (nSPS) is 17.9. The van der Waals surface area contributed by atoms with Crippen molar-refractivity contribution in [1.29, 1.82) is 0 Å². The van der Waals surface area contributed by atoms with Crippen molar-refractivity contribution in [1.82, 2.24) is 10.2 Å². The van der Waals surface area contributed by atoms with Crippen LogP contribution in [-0.4, -0.2) is 16.1 Å². The van der Waals surface area contributed by atoms with Gasteiger partial charge in [-0.05, 0) is 12.1 Å². The third-order valence-electron chi connectivity index (χ3n) is 3.09. The molecule has 3 rings (SSSR count). The molecule has 19 heavy (non-hydrogen) atoms. The first-order valence-corrected chi connectivity index (χ1v) is 5.62. The number of fused-ring (bicyclic) bond motifs is 1. The lowest BCUT2D eigenvalue weighted by atomic mass is 10.1. The molecule has 3 N–H and O–H groups in total. The fourth-order valence-corrected chi connectivity index (χ4v) is 2.22. The molecule has 2 aromatic rings. The highest BCUT2D eigenvalue weighted by Gasteiger charge is 2.37. The molecule has 1 aromatic heterocycles. The Morgan fingerprint density at radius 1 is 1.42 bits per heavy atom. The standard InChI is InChI=1S/C12H10F2N4O/c13-6-3-8(14)10-9(4-6)18(12(19)11(10)15)5-7-1-2-16-17-7/h1-4,11H,5,15H2,(H,16,17). The van der Waals surface area contributed by atoms with E-state index in [0.717, 1.165) is 12.1 Å². The molecular weight excluding hydrogens is 254 g/mol. The van der Waals surface area contributed by atoms with Crippen molar-refractivity contribution in [3.8, 4) is 0 Å². The Balaban J connectivity index is 2.06. The van der Waals surface area contributed by atoms with Gasteiger partial charge in [-0.2, -0.15) is 5.10 Å². The van der Waals surface area contributed by atoms with Crippen molar-refractivity contribution in [2.75, 3.05) is 4.90 Å². The Morgan fingerprint density at radius 2 is 2.21 bits per heavy atom. The molecule has 1 unspecified atom stereocenters. The highest BCUT2D eigenvalue weighted by Crippen LogP contribution is 2.37. The average molecular weight is 264 g/mol. The predicted molar refractivity (Wildman–Crippen MR) is 63.1 cm³/mol. The minimum atomic E-state index is -1.10. The van der Waals surface area contributed by atoms with Gasteiger partial charge in [0.1, 0.15) is 17.7 Å². The summed E-state index contributed by atoms with van der Waals surface area (Å²) in [6.45, 7) is 0.141. The number of anilines is 1. The lowest BCUT2D eigenvalue weighted by molar-refractivity contribution is -0.119. The Morgan fingerprint density at radius 3 is 2.89 bits per heavy atom. The van der Waals surface area contributed by atoms with E-state index in [0.29, 0.717) is 5.69 Å². The maximum absolute atomic E-state index is 13.7. The molecule has 1 atom stereocenters. The lowest BCUT2D eigenvalue weighted by Crippen LogP contribution is -2.31. The van der Waals surface area contributed by atoms with Gasteiger partial charge >= 0.3 is 0 Å². The predicted octanol–water partition coefficient (Wildman–Crippen LogP) is 1.23. The van der Waals surface area contributed by atoms with E-state index in [-0.39, 0.29) is 17.8 Å². The number of benzene rings is 1. The maximum Gasteiger partial charge on any atom is 0.249 e. The van der Waals surface area contributed by atoms with Gasteiger partial charge in [-0.1, -0.05) is 0 Å². The quantitative estimate of drug-likeness (QED) is 0.856. The molecular formula is C12H10F2N4O. The van der Waals surface area contributed by atoms with Crippen LogP contribution in [0.4, 0.5) is 14.5 Å². The number of aromatic amines is 1. The number of rotatable bonds is 2. The van der Waals surface area contributed by atoms with Crippen LogP contribution >= 0.6 is 0 Å². The van der Waals surface area contributed by atoms with E-state index in [1.807, 2.05) is 0 Å². The first kappa shape index (κ1) is 11.8. The fourth-order valence-electron chi connectivity index (χ4n) is 2.22. The minimum absolute atomic E-state index is 0.0333. The Hall–Kier alpha value is -2.28. The van der Waals surface area contributed by atoms with Crippen LogP contribution in [0, 0.1) is 11.6 Å². The van der Waals surface area contributed by atoms with Crippen LogP contribution < -0.4 is 10.6 Å². The summed E-state index contributed by atoms with van der Waals surface area (Å²) >= 11 is 0. The second-order valence-electron chi connectivity index (χ2n) is 4.30. The van der Waals surface area contributed by atoms with Gasteiger partial charge in [0.05, 0.1) is 17.9 Å². The molecule has 1 aliphatic heterocycles. The first-order valence-electron chi connectivity index (χ1n) is 5.62. The monoisotopic (exact) mass is 264 g/mol. The van der Waals surface area contributed by atoms with Crippen LogP contribution in [0.25, 0.3) is 0 Å². The van der Waals surface area contributed by atoms with E-state index < -0.39 is 23.6 Å². The number of amides is 1. The van der Waals surface area contributed by atoms with Gasteiger partial charge < -0.3 is 10.6 Å². The van der Waals surface area contributed by atoms with Crippen molar-refractivity contribution in [3.63, 3.8) is 0 Å². The summed E-state index contributed by atoms with van der Waals surface area (Å²) < 4.78 is 27.0. The van der Waals surface area contributed by atoms with Crippen LogP contribution in [0.5, 0.6) is 0 Å². The molecule has 98 valence electrons. The molecule has 0 saturated carbocycles. The highest BCUT2D eigenvalue weighted by atomic mass is 19.1. The van der Waals surface area contributed by atoms with E-state index in [4.69, 9.17) is 5.73 Å². The molecule has 1 aliphatic rings. The van der Waals surface area contributed by atoms with E-state index in [1.165, 1.54) is 11.1 Å². The van der Waals surface area contributed by atoms with Crippen molar-refractivity contribution < 1.29 is 13.6 Å². The minimum Gasteiger partial charge on any atom is -0.316 e. The Labute approximate surface area is 107 Å². The number of halogens is 2. The van der Waals surface area contributed by atoms with Gasteiger partial charge in [-0.15, -0.1) is 0 Å². The Bertz CT molecular complexity index is 641. The number of nitrogens with one attached hydrogen (secondary N) is 1. The zero-order valence-corrected chi connectivity index (χ0v) is 9.73. The van der Waals surface area contributed by atoms with Gasteiger partial charge in [0.25, 0.3) is 0 Å². The smallest absolute Gasteiger partial charge is 0.249 e. The molecule has 0 fully saturated rings. The molecule has 0 saturated heterocycles. The topological polar surface area (TPSA) is 75.0 Å². The van der Waals surface area contributed by atoms with Gasteiger partial charge in [0.15, 0.2) is 0 Å². The van der Waals surface area contributed by atoms with Crippen LogP contribution in [0.1, 0.15) is 17.3 Å². The fraction of sp³-hybridized carbons (Fsp3) is 0.167. The van der Waals surface area contributed by atoms with Gasteiger partial charge in [0.2, 0.25) is 5.91 Å². The summed E-state index contributed by atoms with van der Waals surface area (Å²) in [6.07, 6.45) is 1.53. The number of carbonyl (C=O) groups excluding carboxylic acids is 1. The van der Waals surface area contributed by atoms with Crippen molar-refractivity contribution in [3.05, 3.63) is 47.3 Å². The Kier molecular flexibility index (Phi) is 2.56. The van der Waals surface area contributed by atoms with E-state index >= 15 is 0 Å². The van der Waals surface area contributed by atoms with Crippen LogP contribution in [-0.2, 0) is 11.3 Å². The number of nitrogens with two attached hydrogens (primary N) is 1. The second-order valence-corrected chi connectivity index (χ2v) is 4.30. The van der Waals surface area contributed by atoms with Crippen LogP contribution in [0.3, 0.4) is 0 Å². The number of hydrogen-bond acceptors (Lipinski definition) is 3. The number of hydrogen-bond donors (Lipinski definition) is 2. The summed E-state index contributed by atoms with van der Waals surface area (Å²) in [6, 6.07) is 2.41. The van der Waals surface area contributed by atoms with E-state index in [9.17, 15) is 13.6 Å². The molecule has 2 heterocycles. The maximum atomic E-state index is 13.7. The average Bonchev–Trinajstić information content (AvgIpc) is 2.93. The van der Waals surface area contributed by atoms with Gasteiger partial charge in [-0.3, -0.25) is 9.89 Å². The summed E-state index contributed by atoms with van der Waals surface area (Å²) in [5.74, 6) is -2.01. The number of aromatic nitrogens is 2. The third kappa shape index (κ3) is 1.78. The molecule has 0 aliphatic carbocycles. The summed E-state index contributed by atoms with van der Waals surface area (Å²) in [4.78, 5) is 13.3. The summed E-state index contributed by atoms with van der Waals surface area (Å²) in [7, 11) is 0. The molecule has 0 spiro atoms. The molecule has 7 heteroatoms. The molecule has 1 amide bonds. The largest absolute Gasteiger partial charge is 0.316 e. The highest BCUT2D eigenvalue weighted by molar-refractivity contribution is 6.04. The number of nitrogens with zero attached hydrogens (tertiary/aromatic N) is 2. The molecule has 0 radical (unpaired) electrons. The molecule has 5 nitrogen and oxygen atoms in total. The summed E-state index contributed by atoms with van der Waals surface area (Å²) in [5.41, 5.74) is 6.54. The zero-order valence-electron chi connectivity index (χ0n) is 9.73. The lowest BCUT2D eigenvalue weighted by Gasteiger charge is -2.16. The van der Waals surface area contributed by atoms with E-state index in [2.05, 4.69) is 10.2 Å². The van der Waals surface area contributed by atoms with Gasteiger partial charge in [-0.25, -0.2) is 8.78 Å². The zero-order chi connectivity index (χ0) is 13.6. The first-order chi connectivity index (χ1) is 9.08. The number of carbonyl (C=O) groups is 1. The second kappa shape index (κ2) is 4.13. The number of H-pyrrole nitrogens is 1. The van der Waals surface area contributed by atoms with Crippen molar-refractivity contribution in [2.45, 2.75) is 12.6 Å². The SMILES string of the molecule is NC1C(=O)N(Cc2ccn[nH]2)c2cc(F)cc(F)c21. The van der Waals surface area contributed by atoms with E-state index in [1.54, 1.807) is 6.07 Å². The van der Waals surface area contributed by atoms with Crippen molar-refractivity contribution >= 4 is 11.6 Å². The molecule has 0 bridgehead atoms.